The van der Waals surface area contributed by atoms with Crippen LogP contribution in [0, 0.1) is 0 Å². The van der Waals surface area contributed by atoms with Gasteiger partial charge in [0.15, 0.2) is 0 Å². The van der Waals surface area contributed by atoms with Gasteiger partial charge in [0, 0.05) is 0 Å². The predicted octanol–water partition coefficient (Wildman–Crippen LogP) is 6.12. The lowest BCUT2D eigenvalue weighted by Gasteiger charge is -2.55. The van der Waals surface area contributed by atoms with E-state index in [0.717, 1.165) is 5.25 Å². The molecule has 0 aromatic carbocycles. The molecule has 3 fully saturated rings. The highest BCUT2D eigenvalue weighted by Gasteiger charge is 2.70. The number of unbranched alkanes of at least 4 members (excludes halogenated alkanes) is 1. The Morgan fingerprint density at radius 1 is 1.05 bits per heavy atom. The van der Waals surface area contributed by atoms with E-state index in [9.17, 15) is 0 Å². The van der Waals surface area contributed by atoms with E-state index in [4.69, 9.17) is 0 Å². The van der Waals surface area contributed by atoms with E-state index in [1.54, 1.807) is 0 Å². The van der Waals surface area contributed by atoms with E-state index in [1.807, 2.05) is 0 Å². The fraction of sp³-hybridized carbons (Fsp3) is 1.00. The van der Waals surface area contributed by atoms with Gasteiger partial charge in [-0.25, -0.2) is 0 Å². The molecule has 0 amide bonds. The van der Waals surface area contributed by atoms with Crippen molar-refractivity contribution in [2.24, 2.45) is 0 Å². The highest BCUT2D eigenvalue weighted by atomic mass is 32.3. The van der Waals surface area contributed by atoms with Crippen LogP contribution in [0.1, 0.15) is 53.9 Å². The van der Waals surface area contributed by atoms with Crippen molar-refractivity contribution < 1.29 is 0 Å². The summed E-state index contributed by atoms with van der Waals surface area (Å²) in [5.41, 5.74) is 0. The van der Waals surface area contributed by atoms with Crippen molar-refractivity contribution in [2.75, 3.05) is 5.75 Å². The zero-order valence-corrected chi connectivity index (χ0v) is 16.5. The van der Waals surface area contributed by atoms with Crippen LogP contribution in [0.4, 0.5) is 0 Å². The Bertz CT molecular complexity index is 384. The molecule has 0 saturated carbocycles. The summed E-state index contributed by atoms with van der Waals surface area (Å²) in [5, 5.41) is 0.780. The minimum atomic E-state index is 0.399. The first-order valence-electron chi connectivity index (χ1n) is 7.15. The largest absolute Gasteiger partial charge is 0.143 e. The maximum atomic E-state index is 2.53. The van der Waals surface area contributed by atoms with Crippen molar-refractivity contribution in [2.45, 2.75) is 75.4 Å². The molecule has 3 aliphatic rings. The molecular formula is C14H24S5. The van der Waals surface area contributed by atoms with Crippen LogP contribution < -0.4 is 0 Å². The average molecular weight is 353 g/mol. The normalized spacial score (nSPS) is 55.7. The van der Waals surface area contributed by atoms with E-state index >= 15 is 0 Å². The molecule has 0 aromatic heterocycles. The molecule has 0 N–H and O–H groups in total. The Balaban J connectivity index is 1.89. The van der Waals surface area contributed by atoms with Crippen molar-refractivity contribution in [1.82, 2.24) is 0 Å². The second-order valence-electron chi connectivity index (χ2n) is 6.48. The van der Waals surface area contributed by atoms with Gasteiger partial charge in [-0.05, 0) is 46.3 Å². The third-order valence-electron chi connectivity index (χ3n) is 4.10. The van der Waals surface area contributed by atoms with Gasteiger partial charge in [0.05, 0.1) is 21.6 Å². The second kappa shape index (κ2) is 4.87. The first-order chi connectivity index (χ1) is 8.73. The lowest BCUT2D eigenvalue weighted by atomic mass is 10.2. The minimum absolute atomic E-state index is 0.399. The van der Waals surface area contributed by atoms with Gasteiger partial charge in [-0.1, -0.05) is 13.3 Å². The highest BCUT2D eigenvalue weighted by Crippen LogP contribution is 2.81. The molecular weight excluding hydrogens is 328 g/mol. The van der Waals surface area contributed by atoms with Gasteiger partial charge in [0.2, 0.25) is 0 Å². The van der Waals surface area contributed by atoms with Crippen LogP contribution in [0.2, 0.25) is 0 Å². The molecule has 3 saturated heterocycles. The number of thioether (sulfide) groups is 5. The molecule has 3 rings (SSSR count). The third kappa shape index (κ3) is 2.62. The second-order valence-corrected chi connectivity index (χ2v) is 16.5. The molecule has 0 spiro atoms. The zero-order valence-electron chi connectivity index (χ0n) is 12.4. The van der Waals surface area contributed by atoms with Crippen molar-refractivity contribution in [3.63, 3.8) is 0 Å². The minimum Gasteiger partial charge on any atom is -0.143 e. The molecule has 0 radical (unpaired) electrons. The molecule has 0 aliphatic carbocycles. The standard InChI is InChI=1S/C14H24S5/c1-6-7-8-15-13(4)10-14(5)17-11(2,16-10)9-12(3,18-13)19-14/h10H,6-9H2,1-5H3. The molecule has 19 heavy (non-hydrogen) atoms. The van der Waals surface area contributed by atoms with Crippen LogP contribution in [-0.4, -0.2) is 27.3 Å². The molecule has 3 aliphatic heterocycles. The van der Waals surface area contributed by atoms with Gasteiger partial charge in [0.1, 0.15) is 0 Å². The van der Waals surface area contributed by atoms with Crippen molar-refractivity contribution in [3.8, 4) is 0 Å². The summed E-state index contributed by atoms with van der Waals surface area (Å²) in [7, 11) is 0. The van der Waals surface area contributed by atoms with E-state index in [-0.39, 0.29) is 0 Å². The topological polar surface area (TPSA) is 0 Å². The first kappa shape index (κ1) is 15.6. The summed E-state index contributed by atoms with van der Waals surface area (Å²) in [4.78, 5) is 0. The summed E-state index contributed by atoms with van der Waals surface area (Å²) in [6.45, 7) is 12.3. The quantitative estimate of drug-likeness (QED) is 0.557. The maximum absolute atomic E-state index is 2.53. The number of fused-ring (bicyclic) bond motifs is 2. The van der Waals surface area contributed by atoms with Crippen LogP contribution in [0.5, 0.6) is 0 Å². The smallest absolute Gasteiger partial charge is 0.0750 e. The van der Waals surface area contributed by atoms with Crippen molar-refractivity contribution in [1.29, 1.82) is 0 Å². The summed E-state index contributed by atoms with van der Waals surface area (Å²) in [6, 6.07) is 0. The predicted molar refractivity (Wildman–Crippen MR) is 99.8 cm³/mol. The van der Waals surface area contributed by atoms with E-state index in [1.165, 1.54) is 25.0 Å². The number of hydrogen-bond donors (Lipinski definition) is 0. The van der Waals surface area contributed by atoms with Crippen LogP contribution in [0.15, 0.2) is 0 Å². The Morgan fingerprint density at radius 3 is 2.42 bits per heavy atom. The summed E-state index contributed by atoms with van der Waals surface area (Å²) in [5.74, 6) is 1.33. The van der Waals surface area contributed by atoms with E-state index in [2.05, 4.69) is 93.4 Å². The molecule has 0 nitrogen and oxygen atoms in total. The maximum Gasteiger partial charge on any atom is 0.0750 e. The molecule has 3 bridgehead atoms. The van der Waals surface area contributed by atoms with Crippen LogP contribution in [0.3, 0.4) is 0 Å². The highest BCUT2D eigenvalue weighted by molar-refractivity contribution is 8.37. The van der Waals surface area contributed by atoms with Crippen molar-refractivity contribution >= 4 is 58.8 Å². The van der Waals surface area contributed by atoms with Gasteiger partial charge in [-0.3, -0.25) is 0 Å². The van der Waals surface area contributed by atoms with E-state index < -0.39 is 0 Å². The fourth-order valence-corrected chi connectivity index (χ4v) is 17.8. The van der Waals surface area contributed by atoms with E-state index in [0.29, 0.717) is 16.3 Å². The molecule has 5 heteroatoms. The molecule has 5 unspecified atom stereocenters. The summed E-state index contributed by atoms with van der Waals surface area (Å²) < 4.78 is 1.69. The van der Waals surface area contributed by atoms with Gasteiger partial charge < -0.3 is 0 Å². The van der Waals surface area contributed by atoms with Gasteiger partial charge >= 0.3 is 0 Å². The summed E-state index contributed by atoms with van der Waals surface area (Å²) >= 11 is 11.3. The SMILES string of the molecule is CCCCSC1(C)SC2(C)CC3(C)SC1C(C)(S3)S2. The Labute approximate surface area is 139 Å². The summed E-state index contributed by atoms with van der Waals surface area (Å²) in [6.07, 6.45) is 4.03. The Morgan fingerprint density at radius 2 is 1.74 bits per heavy atom. The van der Waals surface area contributed by atoms with Crippen molar-refractivity contribution in [3.05, 3.63) is 0 Å². The molecule has 3 heterocycles. The van der Waals surface area contributed by atoms with Crippen LogP contribution in [0.25, 0.3) is 0 Å². The zero-order chi connectivity index (χ0) is 13.9. The lowest BCUT2D eigenvalue weighted by Crippen LogP contribution is -2.51. The van der Waals surface area contributed by atoms with Crippen LogP contribution in [-0.2, 0) is 0 Å². The lowest BCUT2D eigenvalue weighted by molar-refractivity contribution is 0.671. The molecule has 0 aromatic rings. The fourth-order valence-electron chi connectivity index (χ4n) is 3.71. The van der Waals surface area contributed by atoms with Gasteiger partial charge in [-0.15, -0.1) is 58.8 Å². The monoisotopic (exact) mass is 352 g/mol. The first-order valence-corrected chi connectivity index (χ1v) is 11.5. The van der Waals surface area contributed by atoms with Gasteiger partial charge in [0.25, 0.3) is 0 Å². The van der Waals surface area contributed by atoms with Crippen LogP contribution >= 0.6 is 58.8 Å². The number of hydrogen-bond acceptors (Lipinski definition) is 5. The molecule has 5 atom stereocenters. The number of rotatable bonds is 4. The Kier molecular flexibility index (Phi) is 4.01. The third-order valence-corrected chi connectivity index (χ3v) is 13.6. The Hall–Kier alpha value is 1.75. The molecule has 110 valence electrons. The van der Waals surface area contributed by atoms with Gasteiger partial charge in [-0.2, -0.15) is 0 Å². The average Bonchev–Trinajstić information content (AvgIpc) is 2.39.